The molecule has 0 aliphatic rings. The second-order valence-corrected chi connectivity index (χ2v) is 7.35. The first-order valence-corrected chi connectivity index (χ1v) is 10.7. The Labute approximate surface area is 202 Å². The highest BCUT2D eigenvalue weighted by Crippen LogP contribution is 2.25. The summed E-state index contributed by atoms with van der Waals surface area (Å²) in [5, 5.41) is 9.33. The van der Waals surface area contributed by atoms with Gasteiger partial charge in [0.05, 0.1) is 24.3 Å². The lowest BCUT2D eigenvalue weighted by atomic mass is 10.2. The van der Waals surface area contributed by atoms with Gasteiger partial charge >= 0.3 is 17.9 Å². The van der Waals surface area contributed by atoms with Crippen LogP contribution in [0.3, 0.4) is 0 Å². The number of hydrogen-bond acceptors (Lipinski definition) is 8. The molecule has 0 unspecified atom stereocenters. The Hall–Kier alpha value is -4.59. The van der Waals surface area contributed by atoms with Crippen molar-refractivity contribution in [3.8, 4) is 23.0 Å². The Kier molecular flexibility index (Phi) is 8.61. The highest BCUT2D eigenvalue weighted by atomic mass is 16.5. The van der Waals surface area contributed by atoms with Crippen molar-refractivity contribution in [1.82, 2.24) is 0 Å². The third kappa shape index (κ3) is 7.46. The van der Waals surface area contributed by atoms with E-state index in [1.807, 2.05) is 0 Å². The third-order valence-corrected chi connectivity index (χ3v) is 4.72. The monoisotopic (exact) mass is 476 g/mol. The minimum Gasteiger partial charge on any atom is -0.508 e. The smallest absolute Gasteiger partial charge is 0.343 e. The zero-order valence-corrected chi connectivity index (χ0v) is 19.1. The molecule has 0 saturated carbocycles. The number of carbonyl (C=O) groups excluding carboxylic acids is 3. The number of phenols is 1. The van der Waals surface area contributed by atoms with E-state index in [4.69, 9.17) is 18.9 Å². The number of ether oxygens (including phenoxy) is 4. The average Bonchev–Trinajstić information content (AvgIpc) is 2.86. The number of aryl methyl sites for hydroxylation is 1. The Morgan fingerprint density at radius 2 is 1.43 bits per heavy atom. The van der Waals surface area contributed by atoms with Gasteiger partial charge in [-0.25, -0.2) is 14.4 Å². The molecule has 0 saturated heterocycles. The van der Waals surface area contributed by atoms with Crippen LogP contribution in [0.15, 0.2) is 79.4 Å². The van der Waals surface area contributed by atoms with Gasteiger partial charge in [0.2, 0.25) is 0 Å². The summed E-state index contributed by atoms with van der Waals surface area (Å²) in [7, 11) is 0. The summed E-state index contributed by atoms with van der Waals surface area (Å²) in [5.74, 6) is -0.371. The molecule has 3 rings (SSSR count). The molecule has 0 aromatic heterocycles. The van der Waals surface area contributed by atoms with Crippen molar-refractivity contribution in [2.45, 2.75) is 13.3 Å². The van der Waals surface area contributed by atoms with E-state index in [1.54, 1.807) is 43.3 Å². The summed E-state index contributed by atoms with van der Waals surface area (Å²) >= 11 is 0. The molecule has 180 valence electrons. The lowest BCUT2D eigenvalue weighted by Gasteiger charge is -2.10. The van der Waals surface area contributed by atoms with Crippen molar-refractivity contribution in [1.29, 1.82) is 0 Å². The number of carbonyl (C=O) groups is 3. The van der Waals surface area contributed by atoms with Crippen LogP contribution in [0.1, 0.15) is 32.7 Å². The van der Waals surface area contributed by atoms with Crippen molar-refractivity contribution in [3.05, 3.63) is 96.1 Å². The van der Waals surface area contributed by atoms with Crippen LogP contribution in [-0.4, -0.2) is 36.2 Å². The number of esters is 3. The molecular formula is C27H24O8. The molecule has 3 aromatic rings. The summed E-state index contributed by atoms with van der Waals surface area (Å²) < 4.78 is 21.2. The summed E-state index contributed by atoms with van der Waals surface area (Å²) in [6, 6.07) is 16.8. The lowest BCUT2D eigenvalue weighted by Crippen LogP contribution is -2.10. The molecule has 3 aromatic carbocycles. The van der Waals surface area contributed by atoms with Crippen LogP contribution in [0.25, 0.3) is 0 Å². The Balaban J connectivity index is 1.51. The molecule has 0 fully saturated rings. The van der Waals surface area contributed by atoms with Crippen molar-refractivity contribution >= 4 is 17.9 Å². The first-order valence-electron chi connectivity index (χ1n) is 10.7. The molecule has 0 atom stereocenters. The first-order chi connectivity index (χ1) is 16.9. The van der Waals surface area contributed by atoms with E-state index in [9.17, 15) is 19.5 Å². The fourth-order valence-corrected chi connectivity index (χ4v) is 2.89. The number of phenolic OH excluding ortho intramolecular Hbond substituents is 1. The van der Waals surface area contributed by atoms with E-state index in [0.717, 1.165) is 6.08 Å². The van der Waals surface area contributed by atoms with Gasteiger partial charge in [0.1, 0.15) is 23.0 Å². The van der Waals surface area contributed by atoms with Gasteiger partial charge < -0.3 is 24.1 Å². The highest BCUT2D eigenvalue weighted by molar-refractivity contribution is 5.92. The highest BCUT2D eigenvalue weighted by Gasteiger charge is 2.13. The second kappa shape index (κ2) is 12.0. The van der Waals surface area contributed by atoms with Crippen LogP contribution in [0.5, 0.6) is 23.0 Å². The van der Waals surface area contributed by atoms with Crippen LogP contribution < -0.4 is 14.2 Å². The molecule has 0 amide bonds. The average molecular weight is 476 g/mol. The van der Waals surface area contributed by atoms with Crippen LogP contribution in [0.4, 0.5) is 0 Å². The van der Waals surface area contributed by atoms with Crippen molar-refractivity contribution in [3.63, 3.8) is 0 Å². The van der Waals surface area contributed by atoms with Gasteiger partial charge in [-0.15, -0.1) is 0 Å². The third-order valence-electron chi connectivity index (χ3n) is 4.72. The predicted octanol–water partition coefficient (Wildman–Crippen LogP) is 4.64. The topological polar surface area (TPSA) is 108 Å². The minimum absolute atomic E-state index is 0.0508. The quantitative estimate of drug-likeness (QED) is 0.195. The van der Waals surface area contributed by atoms with Gasteiger partial charge in [0.15, 0.2) is 0 Å². The van der Waals surface area contributed by atoms with E-state index in [0.29, 0.717) is 47.0 Å². The normalized spacial score (nSPS) is 10.2. The van der Waals surface area contributed by atoms with Crippen molar-refractivity contribution in [2.75, 3.05) is 13.2 Å². The van der Waals surface area contributed by atoms with E-state index < -0.39 is 17.9 Å². The van der Waals surface area contributed by atoms with Gasteiger partial charge in [-0.2, -0.15) is 0 Å². The molecule has 1 N–H and O–H groups in total. The molecular weight excluding hydrogens is 452 g/mol. The lowest BCUT2D eigenvalue weighted by molar-refractivity contribution is -0.137. The summed E-state index contributed by atoms with van der Waals surface area (Å²) in [5.41, 5.74) is 1.23. The van der Waals surface area contributed by atoms with Crippen LogP contribution in [-0.2, 0) is 9.53 Å². The zero-order chi connectivity index (χ0) is 25.2. The second-order valence-electron chi connectivity index (χ2n) is 7.35. The van der Waals surface area contributed by atoms with Crippen LogP contribution in [0.2, 0.25) is 0 Å². The van der Waals surface area contributed by atoms with Gasteiger partial charge in [0, 0.05) is 12.5 Å². The molecule has 0 heterocycles. The van der Waals surface area contributed by atoms with E-state index in [-0.39, 0.29) is 12.4 Å². The minimum atomic E-state index is -0.571. The van der Waals surface area contributed by atoms with Crippen LogP contribution >= 0.6 is 0 Å². The standard InChI is InChI=1S/C27H24O8/c1-3-25(29)33-16-4-15-32-22-11-7-20(8-12-22)26(30)34-23-13-14-24(18(2)17-23)35-27(31)19-5-9-21(28)10-6-19/h3,5-14,17,28H,1,4,15-16H2,2H3. The Morgan fingerprint density at radius 3 is 2.06 bits per heavy atom. The molecule has 0 radical (unpaired) electrons. The number of aromatic hydroxyl groups is 1. The Morgan fingerprint density at radius 1 is 0.829 bits per heavy atom. The SMILES string of the molecule is C=CC(=O)OCCCOc1ccc(C(=O)Oc2ccc(OC(=O)c3ccc(O)cc3)c(C)c2)cc1. The molecule has 0 spiro atoms. The molecule has 0 aliphatic heterocycles. The van der Waals surface area contributed by atoms with E-state index in [2.05, 4.69) is 6.58 Å². The maximum atomic E-state index is 12.5. The van der Waals surface area contributed by atoms with Gasteiger partial charge in [-0.05, 0) is 79.2 Å². The molecule has 8 heteroatoms. The van der Waals surface area contributed by atoms with E-state index in [1.165, 1.54) is 30.3 Å². The molecule has 35 heavy (non-hydrogen) atoms. The number of rotatable bonds is 10. The van der Waals surface area contributed by atoms with Gasteiger partial charge in [-0.1, -0.05) is 6.58 Å². The summed E-state index contributed by atoms with van der Waals surface area (Å²) in [6.45, 7) is 5.61. The summed E-state index contributed by atoms with van der Waals surface area (Å²) in [4.78, 5) is 35.7. The fourth-order valence-electron chi connectivity index (χ4n) is 2.89. The summed E-state index contributed by atoms with van der Waals surface area (Å²) in [6.07, 6.45) is 1.62. The molecule has 0 aliphatic carbocycles. The molecule has 0 bridgehead atoms. The maximum absolute atomic E-state index is 12.5. The maximum Gasteiger partial charge on any atom is 0.343 e. The van der Waals surface area contributed by atoms with Gasteiger partial charge in [0.25, 0.3) is 0 Å². The Bertz CT molecular complexity index is 1200. The zero-order valence-electron chi connectivity index (χ0n) is 19.1. The largest absolute Gasteiger partial charge is 0.508 e. The van der Waals surface area contributed by atoms with Crippen molar-refractivity contribution in [2.24, 2.45) is 0 Å². The molecule has 8 nitrogen and oxygen atoms in total. The van der Waals surface area contributed by atoms with Crippen molar-refractivity contribution < 1.29 is 38.4 Å². The van der Waals surface area contributed by atoms with Gasteiger partial charge in [-0.3, -0.25) is 0 Å². The predicted molar refractivity (Wildman–Crippen MR) is 127 cm³/mol. The number of hydrogen-bond donors (Lipinski definition) is 1. The fraction of sp³-hybridized carbons (Fsp3) is 0.148. The number of benzene rings is 3. The van der Waals surface area contributed by atoms with E-state index >= 15 is 0 Å². The first kappa shape index (κ1) is 25.0. The van der Waals surface area contributed by atoms with Crippen LogP contribution in [0, 0.1) is 6.92 Å².